The van der Waals surface area contributed by atoms with Gasteiger partial charge in [0.05, 0.1) is 7.11 Å². The number of methoxy groups -OCH3 is 1. The van der Waals surface area contributed by atoms with Crippen LogP contribution in [0.15, 0.2) is 22.7 Å². The number of ether oxygens (including phenoxy) is 1. The van der Waals surface area contributed by atoms with Gasteiger partial charge >= 0.3 is 0 Å². The largest absolute Gasteiger partial charge is 0.496 e. The molecule has 17 heavy (non-hydrogen) atoms. The van der Waals surface area contributed by atoms with Crippen LogP contribution < -0.4 is 10.1 Å². The Balaban J connectivity index is 2.71. The Bertz CT molecular complexity index is 366. The van der Waals surface area contributed by atoms with Crippen LogP contribution in [-0.4, -0.2) is 18.0 Å². The van der Waals surface area contributed by atoms with E-state index in [2.05, 4.69) is 57.1 Å². The summed E-state index contributed by atoms with van der Waals surface area (Å²) in [6, 6.07) is 6.07. The molecule has 0 aliphatic heterocycles. The lowest BCUT2D eigenvalue weighted by Gasteiger charge is -2.26. The van der Waals surface area contributed by atoms with E-state index in [1.807, 2.05) is 12.1 Å². The van der Waals surface area contributed by atoms with Gasteiger partial charge in [0.1, 0.15) is 5.75 Å². The zero-order valence-electron chi connectivity index (χ0n) is 10.5. The van der Waals surface area contributed by atoms with Crippen molar-refractivity contribution in [1.82, 2.24) is 5.32 Å². The zero-order chi connectivity index (χ0) is 12.9. The molecule has 0 spiro atoms. The summed E-state index contributed by atoms with van der Waals surface area (Å²) in [5, 5.41) is 4.55. The summed E-state index contributed by atoms with van der Waals surface area (Å²) >= 11 is 6.96. The van der Waals surface area contributed by atoms with Gasteiger partial charge in [0.2, 0.25) is 0 Å². The molecule has 0 aliphatic rings. The van der Waals surface area contributed by atoms with E-state index in [1.165, 1.54) is 5.56 Å². The number of hydrogen-bond acceptors (Lipinski definition) is 2. The van der Waals surface area contributed by atoms with Gasteiger partial charge in [-0.15, -0.1) is 0 Å². The predicted octanol–water partition coefficient (Wildman–Crippen LogP) is 4.11. The fraction of sp³-hybridized carbons (Fsp3) is 0.538. The summed E-state index contributed by atoms with van der Waals surface area (Å²) < 4.78 is 6.43. The van der Waals surface area contributed by atoms with E-state index < -0.39 is 0 Å². The van der Waals surface area contributed by atoms with Crippen LogP contribution in [0.2, 0.25) is 0 Å². The molecule has 0 unspecified atom stereocenters. The van der Waals surface area contributed by atoms with Crippen molar-refractivity contribution in [3.05, 3.63) is 28.2 Å². The van der Waals surface area contributed by atoms with E-state index in [4.69, 9.17) is 4.74 Å². The fourth-order valence-electron chi connectivity index (χ4n) is 1.54. The third kappa shape index (κ3) is 4.98. The van der Waals surface area contributed by atoms with Gasteiger partial charge in [0.15, 0.2) is 0 Å². The van der Waals surface area contributed by atoms with Gasteiger partial charge in [-0.25, -0.2) is 0 Å². The van der Waals surface area contributed by atoms with Gasteiger partial charge in [-0.1, -0.05) is 31.9 Å². The van der Waals surface area contributed by atoms with Crippen molar-refractivity contribution in [3.8, 4) is 5.75 Å². The maximum atomic E-state index is 5.36. The van der Waals surface area contributed by atoms with Crippen molar-refractivity contribution < 1.29 is 4.74 Å². The van der Waals surface area contributed by atoms with Crippen molar-refractivity contribution >= 4 is 31.9 Å². The Morgan fingerprint density at radius 1 is 1.35 bits per heavy atom. The lowest BCUT2D eigenvalue weighted by Crippen LogP contribution is -2.39. The molecule has 0 radical (unpaired) electrons. The van der Waals surface area contributed by atoms with E-state index in [1.54, 1.807) is 7.11 Å². The van der Waals surface area contributed by atoms with E-state index in [9.17, 15) is 0 Å². The van der Waals surface area contributed by atoms with Crippen molar-refractivity contribution in [2.24, 2.45) is 0 Å². The first-order chi connectivity index (χ1) is 7.98. The summed E-state index contributed by atoms with van der Waals surface area (Å²) in [4.78, 5) is 0. The molecule has 4 heteroatoms. The predicted molar refractivity (Wildman–Crippen MR) is 80.0 cm³/mol. The molecule has 96 valence electrons. The molecule has 1 aromatic rings. The highest BCUT2D eigenvalue weighted by Crippen LogP contribution is 2.23. The first-order valence-electron chi connectivity index (χ1n) is 5.62. The number of halogens is 2. The Hall–Kier alpha value is -0.0600. The molecule has 2 nitrogen and oxygen atoms in total. The Kier molecular flexibility index (Phi) is 5.97. The van der Waals surface area contributed by atoms with E-state index >= 15 is 0 Å². The molecule has 0 atom stereocenters. The number of hydrogen-bond donors (Lipinski definition) is 1. The molecule has 1 rings (SSSR count). The van der Waals surface area contributed by atoms with E-state index in [0.717, 1.165) is 28.5 Å². The molecule has 0 aromatic heterocycles. The van der Waals surface area contributed by atoms with Crippen molar-refractivity contribution in [1.29, 1.82) is 0 Å². The van der Waals surface area contributed by atoms with E-state index in [-0.39, 0.29) is 5.54 Å². The quantitative estimate of drug-likeness (QED) is 0.767. The SMILES string of the molecule is COc1ccc(Br)cc1CNC(C)(C)CCBr. The first kappa shape index (κ1) is 15.0. The third-order valence-corrected chi connectivity index (χ3v) is 3.61. The first-order valence-corrected chi connectivity index (χ1v) is 7.53. The van der Waals surface area contributed by atoms with Crippen LogP contribution in [0.1, 0.15) is 25.8 Å². The molecule has 0 aliphatic carbocycles. The van der Waals surface area contributed by atoms with Crippen LogP contribution in [0.25, 0.3) is 0 Å². The number of rotatable bonds is 6. The van der Waals surface area contributed by atoms with Crippen LogP contribution in [0, 0.1) is 0 Å². The minimum Gasteiger partial charge on any atom is -0.496 e. The van der Waals surface area contributed by atoms with Gasteiger partial charge in [0.25, 0.3) is 0 Å². The van der Waals surface area contributed by atoms with Gasteiger partial charge in [-0.3, -0.25) is 0 Å². The lowest BCUT2D eigenvalue weighted by atomic mass is 10.0. The molecular weight excluding hydrogens is 346 g/mol. The molecule has 0 amide bonds. The second-order valence-electron chi connectivity index (χ2n) is 4.63. The van der Waals surface area contributed by atoms with Crippen LogP contribution in [-0.2, 0) is 6.54 Å². The highest BCUT2D eigenvalue weighted by molar-refractivity contribution is 9.10. The molecule has 1 aromatic carbocycles. The maximum Gasteiger partial charge on any atom is 0.123 e. The Labute approximate surface area is 120 Å². The van der Waals surface area contributed by atoms with Gasteiger partial charge in [-0.05, 0) is 38.5 Å². The van der Waals surface area contributed by atoms with Crippen molar-refractivity contribution in [2.45, 2.75) is 32.4 Å². The minimum atomic E-state index is 0.122. The lowest BCUT2D eigenvalue weighted by molar-refractivity contribution is 0.367. The van der Waals surface area contributed by atoms with Gasteiger partial charge < -0.3 is 10.1 Å². The highest BCUT2D eigenvalue weighted by Gasteiger charge is 2.16. The molecule has 0 bridgehead atoms. The molecule has 0 saturated heterocycles. The van der Waals surface area contributed by atoms with Crippen molar-refractivity contribution in [2.75, 3.05) is 12.4 Å². The smallest absolute Gasteiger partial charge is 0.123 e. The fourth-order valence-corrected chi connectivity index (χ4v) is 2.94. The zero-order valence-corrected chi connectivity index (χ0v) is 13.7. The minimum absolute atomic E-state index is 0.122. The third-order valence-electron chi connectivity index (χ3n) is 2.72. The number of alkyl halides is 1. The molecular formula is C13H19Br2NO. The van der Waals surface area contributed by atoms with Gasteiger partial charge in [0, 0.05) is 27.4 Å². The molecule has 0 saturated carbocycles. The summed E-state index contributed by atoms with van der Waals surface area (Å²) in [7, 11) is 1.70. The summed E-state index contributed by atoms with van der Waals surface area (Å²) in [5.41, 5.74) is 1.29. The number of benzene rings is 1. The monoisotopic (exact) mass is 363 g/mol. The maximum absolute atomic E-state index is 5.36. The normalized spacial score (nSPS) is 11.6. The molecule has 1 N–H and O–H groups in total. The average Bonchev–Trinajstić information content (AvgIpc) is 2.27. The van der Waals surface area contributed by atoms with Crippen molar-refractivity contribution in [3.63, 3.8) is 0 Å². The Morgan fingerprint density at radius 2 is 2.06 bits per heavy atom. The van der Waals surface area contributed by atoms with Crippen LogP contribution in [0.4, 0.5) is 0 Å². The molecule has 0 fully saturated rings. The Morgan fingerprint density at radius 3 is 2.65 bits per heavy atom. The number of nitrogens with one attached hydrogen (secondary N) is 1. The molecule has 0 heterocycles. The van der Waals surface area contributed by atoms with Crippen LogP contribution in [0.5, 0.6) is 5.75 Å². The second-order valence-corrected chi connectivity index (χ2v) is 6.34. The topological polar surface area (TPSA) is 21.3 Å². The van der Waals surface area contributed by atoms with Crippen LogP contribution in [0.3, 0.4) is 0 Å². The van der Waals surface area contributed by atoms with E-state index in [0.29, 0.717) is 0 Å². The van der Waals surface area contributed by atoms with Crippen LogP contribution >= 0.6 is 31.9 Å². The highest BCUT2D eigenvalue weighted by atomic mass is 79.9. The summed E-state index contributed by atoms with van der Waals surface area (Å²) in [6.45, 7) is 5.22. The second kappa shape index (κ2) is 6.76. The summed E-state index contributed by atoms with van der Waals surface area (Å²) in [5.74, 6) is 0.926. The summed E-state index contributed by atoms with van der Waals surface area (Å²) in [6.07, 6.45) is 1.09. The standard InChI is InChI=1S/C13H19Br2NO/c1-13(2,6-7-14)16-9-10-8-11(15)4-5-12(10)17-3/h4-5,8,16H,6-7,9H2,1-3H3. The van der Waals surface area contributed by atoms with Gasteiger partial charge in [-0.2, -0.15) is 0 Å². The average molecular weight is 365 g/mol.